The molecule has 0 atom stereocenters. The van der Waals surface area contributed by atoms with Gasteiger partial charge in [0.1, 0.15) is 12.4 Å². The number of benzene rings is 2. The number of hydrogen-bond donors (Lipinski definition) is 1. The molecule has 152 valence electrons. The van der Waals surface area contributed by atoms with Crippen LogP contribution in [0.5, 0.6) is 5.75 Å². The highest BCUT2D eigenvalue weighted by molar-refractivity contribution is 7.99. The van der Waals surface area contributed by atoms with E-state index in [0.717, 1.165) is 16.8 Å². The van der Waals surface area contributed by atoms with Crippen molar-refractivity contribution in [3.05, 3.63) is 64.4 Å². The van der Waals surface area contributed by atoms with E-state index in [4.69, 9.17) is 16.3 Å². The van der Waals surface area contributed by atoms with Crippen molar-refractivity contribution in [3.8, 4) is 5.75 Å². The molecule has 0 unspecified atom stereocenters. The average molecular weight is 431 g/mol. The Hall–Kier alpha value is -2.51. The highest BCUT2D eigenvalue weighted by atomic mass is 35.5. The van der Waals surface area contributed by atoms with Crippen LogP contribution in [0.4, 0.5) is 5.69 Å². The number of carbonyl (C=O) groups excluding carboxylic acids is 1. The van der Waals surface area contributed by atoms with Crippen molar-refractivity contribution in [1.82, 2.24) is 14.8 Å². The van der Waals surface area contributed by atoms with Gasteiger partial charge in [-0.3, -0.25) is 4.79 Å². The van der Waals surface area contributed by atoms with Gasteiger partial charge in [0.15, 0.2) is 11.0 Å². The molecule has 1 heterocycles. The van der Waals surface area contributed by atoms with Gasteiger partial charge >= 0.3 is 0 Å². The van der Waals surface area contributed by atoms with Gasteiger partial charge in [-0.05, 0) is 50.1 Å². The lowest BCUT2D eigenvalue weighted by molar-refractivity contribution is -0.113. The Kier molecular flexibility index (Phi) is 7.17. The fourth-order valence-electron chi connectivity index (χ4n) is 2.76. The third kappa shape index (κ3) is 5.31. The fourth-order valence-corrected chi connectivity index (χ4v) is 3.77. The number of aromatic nitrogens is 3. The van der Waals surface area contributed by atoms with E-state index in [9.17, 15) is 4.79 Å². The maximum atomic E-state index is 12.4. The van der Waals surface area contributed by atoms with E-state index < -0.39 is 0 Å². The molecule has 1 N–H and O–H groups in total. The van der Waals surface area contributed by atoms with Crippen LogP contribution in [0.2, 0.25) is 5.02 Å². The lowest BCUT2D eigenvalue weighted by Crippen LogP contribution is -2.16. The molecule has 0 radical (unpaired) electrons. The SMILES string of the molecule is CCn1c(COc2ccccc2Cl)nnc1SCC(=O)Nc1cccc(C)c1C. The van der Waals surface area contributed by atoms with Gasteiger partial charge in [-0.15, -0.1) is 10.2 Å². The zero-order chi connectivity index (χ0) is 20.8. The summed E-state index contributed by atoms with van der Waals surface area (Å²) in [5.41, 5.74) is 3.05. The van der Waals surface area contributed by atoms with E-state index in [1.165, 1.54) is 11.8 Å². The summed E-state index contributed by atoms with van der Waals surface area (Å²) in [5.74, 6) is 1.45. The molecule has 0 bridgehead atoms. The molecule has 29 heavy (non-hydrogen) atoms. The molecule has 0 saturated carbocycles. The van der Waals surface area contributed by atoms with E-state index in [-0.39, 0.29) is 18.3 Å². The average Bonchev–Trinajstić information content (AvgIpc) is 3.11. The van der Waals surface area contributed by atoms with Gasteiger partial charge in [0, 0.05) is 12.2 Å². The third-order valence-corrected chi connectivity index (χ3v) is 5.79. The number of aryl methyl sites for hydroxylation is 1. The van der Waals surface area contributed by atoms with Crippen LogP contribution in [0.1, 0.15) is 23.9 Å². The zero-order valence-electron chi connectivity index (χ0n) is 16.6. The molecule has 0 aliphatic carbocycles. The van der Waals surface area contributed by atoms with Crippen LogP contribution in [0.15, 0.2) is 47.6 Å². The van der Waals surface area contributed by atoms with Crippen LogP contribution in [-0.4, -0.2) is 26.4 Å². The van der Waals surface area contributed by atoms with Crippen LogP contribution in [0.3, 0.4) is 0 Å². The molecular formula is C21H23ClN4O2S. The Bertz CT molecular complexity index is 1010. The van der Waals surface area contributed by atoms with Crippen molar-refractivity contribution in [3.63, 3.8) is 0 Å². The van der Waals surface area contributed by atoms with Crippen LogP contribution in [-0.2, 0) is 17.9 Å². The smallest absolute Gasteiger partial charge is 0.234 e. The summed E-state index contributed by atoms with van der Waals surface area (Å²) < 4.78 is 7.70. The lowest BCUT2D eigenvalue weighted by atomic mass is 10.1. The van der Waals surface area contributed by atoms with E-state index in [2.05, 4.69) is 15.5 Å². The lowest BCUT2D eigenvalue weighted by Gasteiger charge is -2.11. The minimum atomic E-state index is -0.0804. The Morgan fingerprint density at radius 2 is 1.97 bits per heavy atom. The number of halogens is 1. The molecule has 6 nitrogen and oxygen atoms in total. The Balaban J connectivity index is 1.60. The predicted molar refractivity (Wildman–Crippen MR) is 117 cm³/mol. The number of hydrogen-bond acceptors (Lipinski definition) is 5. The van der Waals surface area contributed by atoms with Crippen LogP contribution in [0.25, 0.3) is 0 Å². The monoisotopic (exact) mass is 430 g/mol. The van der Waals surface area contributed by atoms with Gasteiger partial charge in [-0.1, -0.05) is 47.6 Å². The topological polar surface area (TPSA) is 69.0 Å². The quantitative estimate of drug-likeness (QED) is 0.516. The van der Waals surface area contributed by atoms with Crippen molar-refractivity contribution in [1.29, 1.82) is 0 Å². The second kappa shape index (κ2) is 9.80. The minimum absolute atomic E-state index is 0.0804. The number of ether oxygens (including phenoxy) is 1. The number of amides is 1. The first kappa shape index (κ1) is 21.2. The number of nitrogens with one attached hydrogen (secondary N) is 1. The number of thioether (sulfide) groups is 1. The zero-order valence-corrected chi connectivity index (χ0v) is 18.2. The molecule has 0 spiro atoms. The summed E-state index contributed by atoms with van der Waals surface area (Å²) in [6, 6.07) is 13.2. The van der Waals surface area contributed by atoms with E-state index in [1.54, 1.807) is 6.07 Å². The summed E-state index contributed by atoms with van der Waals surface area (Å²) in [7, 11) is 0. The van der Waals surface area contributed by atoms with Crippen molar-refractivity contribution in [2.45, 2.75) is 39.1 Å². The summed E-state index contributed by atoms with van der Waals surface area (Å²) in [6.07, 6.45) is 0. The summed E-state index contributed by atoms with van der Waals surface area (Å²) >= 11 is 7.48. The minimum Gasteiger partial charge on any atom is -0.484 e. The number of carbonyl (C=O) groups is 1. The van der Waals surface area contributed by atoms with E-state index in [1.807, 2.05) is 61.7 Å². The summed E-state index contributed by atoms with van der Waals surface area (Å²) in [5, 5.41) is 12.6. The normalized spacial score (nSPS) is 10.8. The van der Waals surface area contributed by atoms with Gasteiger partial charge in [-0.2, -0.15) is 0 Å². The molecule has 0 aliphatic heterocycles. The Morgan fingerprint density at radius 3 is 2.72 bits per heavy atom. The maximum Gasteiger partial charge on any atom is 0.234 e. The number of para-hydroxylation sites is 1. The third-order valence-electron chi connectivity index (χ3n) is 4.51. The molecule has 1 aromatic heterocycles. The van der Waals surface area contributed by atoms with Crippen molar-refractivity contribution >= 4 is 35.0 Å². The van der Waals surface area contributed by atoms with Gasteiger partial charge in [0.05, 0.1) is 10.8 Å². The molecule has 8 heteroatoms. The molecule has 1 amide bonds. The van der Waals surface area contributed by atoms with Gasteiger partial charge in [-0.25, -0.2) is 0 Å². The van der Waals surface area contributed by atoms with Gasteiger partial charge in [0.2, 0.25) is 5.91 Å². The molecule has 3 aromatic rings. The van der Waals surface area contributed by atoms with Crippen LogP contribution >= 0.6 is 23.4 Å². The predicted octanol–water partition coefficient (Wildman–Crippen LogP) is 4.88. The fraction of sp³-hybridized carbons (Fsp3) is 0.286. The standard InChI is InChI=1S/C21H23ClN4O2S/c1-4-26-19(12-28-18-11-6-5-9-16(18)22)24-25-21(26)29-13-20(27)23-17-10-7-8-14(2)15(17)3/h5-11H,4,12-13H2,1-3H3,(H,23,27). The number of anilines is 1. The maximum absolute atomic E-state index is 12.4. The first-order valence-corrected chi connectivity index (χ1v) is 10.6. The van der Waals surface area contributed by atoms with Crippen molar-refractivity contribution < 1.29 is 9.53 Å². The molecule has 3 rings (SSSR count). The van der Waals surface area contributed by atoms with Gasteiger partial charge < -0.3 is 14.6 Å². The first-order valence-electron chi connectivity index (χ1n) is 9.27. The molecule has 0 fully saturated rings. The molecule has 2 aromatic carbocycles. The van der Waals surface area contributed by atoms with Crippen LogP contribution < -0.4 is 10.1 Å². The van der Waals surface area contributed by atoms with E-state index >= 15 is 0 Å². The van der Waals surface area contributed by atoms with Crippen molar-refractivity contribution in [2.24, 2.45) is 0 Å². The Labute approximate surface area is 179 Å². The second-order valence-corrected chi connectivity index (χ2v) is 7.80. The number of nitrogens with zero attached hydrogens (tertiary/aromatic N) is 3. The van der Waals surface area contributed by atoms with Gasteiger partial charge in [0.25, 0.3) is 0 Å². The van der Waals surface area contributed by atoms with Crippen LogP contribution in [0, 0.1) is 13.8 Å². The summed E-state index contributed by atoms with van der Waals surface area (Å²) in [6.45, 7) is 6.95. The summed E-state index contributed by atoms with van der Waals surface area (Å²) in [4.78, 5) is 12.4. The molecule has 0 aliphatic rings. The van der Waals surface area contributed by atoms with E-state index in [0.29, 0.717) is 28.3 Å². The second-order valence-electron chi connectivity index (χ2n) is 6.45. The highest BCUT2D eigenvalue weighted by Gasteiger charge is 2.15. The first-order chi connectivity index (χ1) is 14.0. The molecule has 0 saturated heterocycles. The Morgan fingerprint density at radius 1 is 1.17 bits per heavy atom. The highest BCUT2D eigenvalue weighted by Crippen LogP contribution is 2.25. The van der Waals surface area contributed by atoms with Crippen molar-refractivity contribution in [2.75, 3.05) is 11.1 Å². The largest absolute Gasteiger partial charge is 0.484 e. The number of rotatable bonds is 8. The molecular weight excluding hydrogens is 408 g/mol.